The Hall–Kier alpha value is -11.6. The monoisotopic (exact) mass is 1910 g/mol. The SMILES string of the molecule is CCOC(=O)c1cc(-c2cccc3ccccc23)c(C(=O)OCC)cc1Cl.Cc1ccc(Br)cc1.Cc1ccc(N(c2ccc(B3OC(C)(C)C(C)(C)O3)cc2)c2ccc(B3OC(C)(C)C(C)(C)O3)cc2)cc1.Cc1ccc(N(c2ccc(Br)cc2)c2ccc(Br)cc2)cc1.Cc1ccc(N(c2ccccc2)c2ccccc2)cc1.c1ccc(Nc2ccccc2)cc1. The number of nitrogens with one attached hydrogen (secondary N) is 1. The number of hydrogen-bond acceptors (Lipinski definition) is 12. The maximum Gasteiger partial charge on any atom is 0.494 e. The lowest BCUT2D eigenvalue weighted by Crippen LogP contribution is -2.41. The number of nitrogens with zero attached hydrogens (tertiary/aromatic N) is 3. The number of carbonyl (C=O) groups excluding carboxylic acids is 2. The van der Waals surface area contributed by atoms with E-state index in [0.29, 0.717) is 11.1 Å². The van der Waals surface area contributed by atoms with Gasteiger partial charge in [0.1, 0.15) is 0 Å². The fourth-order valence-corrected chi connectivity index (χ4v) is 15.1. The smallest absolute Gasteiger partial charge is 0.462 e. The van der Waals surface area contributed by atoms with Gasteiger partial charge >= 0.3 is 26.2 Å². The number of esters is 2. The molecule has 0 radical (unpaired) electrons. The van der Waals surface area contributed by atoms with E-state index in [4.69, 9.17) is 39.7 Å². The van der Waals surface area contributed by atoms with Gasteiger partial charge in [-0.15, -0.1) is 0 Å². The van der Waals surface area contributed by atoms with Gasteiger partial charge in [-0.05, 0) is 312 Å². The Morgan fingerprint density at radius 2 is 0.586 bits per heavy atom. The molecule has 0 bridgehead atoms. The highest BCUT2D eigenvalue weighted by molar-refractivity contribution is 9.11. The number of rotatable bonds is 18. The molecule has 1 N–H and O–H groups in total. The van der Waals surface area contributed by atoms with E-state index in [1.165, 1.54) is 45.4 Å². The van der Waals surface area contributed by atoms with Crippen LogP contribution in [0.1, 0.15) is 112 Å². The molecule has 0 atom stereocenters. The summed E-state index contributed by atoms with van der Waals surface area (Å²) in [6, 6.07) is 126. The number of benzene rings is 15. The number of fused-ring (bicyclic) bond motifs is 1. The first-order chi connectivity index (χ1) is 61.5. The van der Waals surface area contributed by atoms with Crippen LogP contribution in [-0.4, -0.2) is 61.8 Å². The van der Waals surface area contributed by atoms with Gasteiger partial charge in [-0.25, -0.2) is 9.59 Å². The highest BCUT2D eigenvalue weighted by Crippen LogP contribution is 2.43. The lowest BCUT2D eigenvalue weighted by atomic mass is 9.79. The molecule has 0 saturated carbocycles. The summed E-state index contributed by atoms with van der Waals surface area (Å²) in [5.74, 6) is -1.02. The maximum atomic E-state index is 12.5. The standard InChI is InChI=1S/C31H39B2NO4.C22H19ClO4.C19H15Br2N.C19H17N.C12H11N.C7H7Br/c1-22-10-16-25(17-11-22)34(26-18-12-23(13-19-26)32-35-28(2,3)29(4,5)36-32)27-20-14-24(15-21-27)33-37-30(6,7)31(8,9)38-33;1-3-26-21(24)18-13-20(23)19(22(25)27-4-2)12-17(18)16-11-7-9-14-8-5-6-10-15(14)16;1-14-2-8-17(9-3-14)22(18-10-4-15(20)5-11-18)19-12-6-16(21)7-13-19;1-16-12-14-19(15-13-16)20(17-8-4-2-5-9-17)18-10-6-3-7-11-18;1-3-7-11(8-4-1)13-12-9-5-2-6-10-12;1-6-2-4-7(8)5-3-6/h10-21H,1-9H3;5-13H,3-4H2,1-2H3;2-13H,1H3;2-15H,1H3;1-10,13H;2-5H,1H3. The van der Waals surface area contributed by atoms with E-state index in [1.54, 1.807) is 19.9 Å². The van der Waals surface area contributed by atoms with E-state index in [0.717, 1.165) is 86.2 Å². The number of para-hydroxylation sites is 4. The summed E-state index contributed by atoms with van der Waals surface area (Å²) in [5, 5.41) is 5.44. The zero-order valence-corrected chi connectivity index (χ0v) is 80.4. The van der Waals surface area contributed by atoms with Crippen molar-refractivity contribution < 1.29 is 37.7 Å². The van der Waals surface area contributed by atoms with Crippen molar-refractivity contribution >= 4 is 170 Å². The zero-order chi connectivity index (χ0) is 91.1. The van der Waals surface area contributed by atoms with Crippen LogP contribution in [0.15, 0.2) is 383 Å². The van der Waals surface area contributed by atoms with Crippen LogP contribution in [0.3, 0.4) is 0 Å². The topological polar surface area (TPSA) is 111 Å². The van der Waals surface area contributed by atoms with Crippen LogP contribution >= 0.6 is 59.4 Å². The second-order valence-corrected chi connectivity index (χ2v) is 36.1. The summed E-state index contributed by atoms with van der Waals surface area (Å²) in [6.07, 6.45) is 0. The quantitative estimate of drug-likeness (QED) is 0.0652. The van der Waals surface area contributed by atoms with Crippen LogP contribution < -0.4 is 30.9 Å². The Balaban J connectivity index is 0.000000147. The molecule has 2 heterocycles. The lowest BCUT2D eigenvalue weighted by molar-refractivity contribution is 0.00578. The number of aryl methyl sites for hydroxylation is 4. The van der Waals surface area contributed by atoms with Crippen LogP contribution in [0, 0.1) is 27.7 Å². The van der Waals surface area contributed by atoms with Gasteiger partial charge in [0, 0.05) is 76.0 Å². The lowest BCUT2D eigenvalue weighted by Gasteiger charge is -2.32. The summed E-state index contributed by atoms with van der Waals surface area (Å²) in [6.45, 7) is 29.0. The first-order valence-electron chi connectivity index (χ1n) is 42.9. The molecule has 2 aliphatic heterocycles. The average molecular weight is 1910 g/mol. The fourth-order valence-electron chi connectivity index (χ4n) is 14.0. The molecule has 0 spiro atoms. The van der Waals surface area contributed by atoms with Gasteiger partial charge in [0.2, 0.25) is 0 Å². The molecule has 0 aliphatic carbocycles. The van der Waals surface area contributed by atoms with Crippen molar-refractivity contribution in [1.29, 1.82) is 0 Å². The Morgan fingerprint density at radius 3 is 0.914 bits per heavy atom. The average Bonchev–Trinajstić information content (AvgIpc) is 1.66. The number of hydrogen-bond donors (Lipinski definition) is 1. The Labute approximate surface area is 786 Å². The predicted molar refractivity (Wildman–Crippen MR) is 546 cm³/mol. The normalized spacial score (nSPS) is 13.5. The minimum absolute atomic E-state index is 0.153. The van der Waals surface area contributed by atoms with Crippen LogP contribution in [-0.2, 0) is 28.1 Å². The van der Waals surface area contributed by atoms with Gasteiger partial charge in [0.15, 0.2) is 0 Å². The molecular formula is C110H108B2Br3ClN4O8. The fraction of sp³-hybridized carbons (Fsp3) is 0.182. The summed E-state index contributed by atoms with van der Waals surface area (Å²) in [4.78, 5) is 31.6. The van der Waals surface area contributed by atoms with Crippen molar-refractivity contribution in [1.82, 2.24) is 0 Å². The highest BCUT2D eigenvalue weighted by Gasteiger charge is 2.53. The molecular weight excluding hydrogens is 1800 g/mol. The molecule has 0 amide bonds. The third kappa shape index (κ3) is 25.2. The highest BCUT2D eigenvalue weighted by atomic mass is 79.9. The van der Waals surface area contributed by atoms with Crippen molar-refractivity contribution in [3.63, 3.8) is 0 Å². The van der Waals surface area contributed by atoms with Gasteiger partial charge in [-0.2, -0.15) is 0 Å². The molecule has 2 aliphatic rings. The number of ether oxygens (including phenoxy) is 2. The molecule has 2 saturated heterocycles. The molecule has 0 unspecified atom stereocenters. The number of carbonyl (C=O) groups is 2. The molecule has 18 heteroatoms. The van der Waals surface area contributed by atoms with Gasteiger partial charge in [0.05, 0.1) is 51.8 Å². The van der Waals surface area contributed by atoms with E-state index < -0.39 is 11.9 Å². The van der Waals surface area contributed by atoms with Crippen molar-refractivity contribution in [2.75, 3.05) is 33.2 Å². The summed E-state index contributed by atoms with van der Waals surface area (Å²) in [7, 11) is -0.776. The maximum absolute atomic E-state index is 12.5. The van der Waals surface area contributed by atoms with E-state index in [1.807, 2.05) is 127 Å². The zero-order valence-electron chi connectivity index (χ0n) is 74.9. The second-order valence-electron chi connectivity index (χ2n) is 33.0. The van der Waals surface area contributed by atoms with Gasteiger partial charge in [0.25, 0.3) is 0 Å². The Bertz CT molecular complexity index is 5750. The van der Waals surface area contributed by atoms with Crippen LogP contribution in [0.5, 0.6) is 0 Å². The van der Waals surface area contributed by atoms with Crippen molar-refractivity contribution in [3.8, 4) is 11.1 Å². The minimum Gasteiger partial charge on any atom is -0.462 e. The Kier molecular flexibility index (Phi) is 33.1. The summed E-state index contributed by atoms with van der Waals surface area (Å²) < 4.78 is 38.6. The molecule has 2 fully saturated rings. The molecule has 17 rings (SSSR count). The third-order valence-corrected chi connectivity index (χ3v) is 24.4. The molecule has 128 heavy (non-hydrogen) atoms. The van der Waals surface area contributed by atoms with Gasteiger partial charge < -0.3 is 48.1 Å². The summed E-state index contributed by atoms with van der Waals surface area (Å²) in [5.41, 5.74) is 19.9. The number of anilines is 11. The second kappa shape index (κ2) is 44.4. The molecule has 650 valence electrons. The van der Waals surface area contributed by atoms with E-state index >= 15 is 0 Å². The largest absolute Gasteiger partial charge is 0.494 e. The van der Waals surface area contributed by atoms with E-state index in [9.17, 15) is 9.59 Å². The first-order valence-corrected chi connectivity index (χ1v) is 45.6. The van der Waals surface area contributed by atoms with Crippen molar-refractivity contribution in [3.05, 3.63) is 422 Å². The molecule has 15 aromatic carbocycles. The van der Waals surface area contributed by atoms with E-state index in [-0.39, 0.29) is 60.4 Å². The van der Waals surface area contributed by atoms with Crippen molar-refractivity contribution in [2.24, 2.45) is 0 Å². The van der Waals surface area contributed by atoms with Crippen LogP contribution in [0.2, 0.25) is 5.02 Å². The van der Waals surface area contributed by atoms with Gasteiger partial charge in [-0.3, -0.25) is 0 Å². The number of halogens is 4. The molecule has 15 aromatic rings. The predicted octanol–water partition coefficient (Wildman–Crippen LogP) is 30.2. The third-order valence-electron chi connectivity index (χ3n) is 22.5. The minimum atomic E-state index is -0.528. The summed E-state index contributed by atoms with van der Waals surface area (Å²) >= 11 is 16.6. The van der Waals surface area contributed by atoms with E-state index in [2.05, 4.69) is 381 Å². The first kappa shape index (κ1) is 95.5. The van der Waals surface area contributed by atoms with Crippen LogP contribution in [0.25, 0.3) is 21.9 Å². The molecule has 12 nitrogen and oxygen atoms in total. The van der Waals surface area contributed by atoms with Crippen LogP contribution in [0.4, 0.5) is 62.6 Å². The molecule has 0 aromatic heterocycles. The van der Waals surface area contributed by atoms with Gasteiger partial charge in [-0.1, -0.05) is 270 Å². The Morgan fingerprint density at radius 1 is 0.320 bits per heavy atom. The van der Waals surface area contributed by atoms with Crippen molar-refractivity contribution in [2.45, 2.75) is 119 Å².